The third-order valence-corrected chi connectivity index (χ3v) is 7.64. The lowest BCUT2D eigenvalue weighted by atomic mass is 10.3. The van der Waals surface area contributed by atoms with Gasteiger partial charge in [0.2, 0.25) is 10.0 Å². The van der Waals surface area contributed by atoms with E-state index in [1.807, 2.05) is 30.7 Å². The summed E-state index contributed by atoms with van der Waals surface area (Å²) in [6.45, 7) is 5.67. The summed E-state index contributed by atoms with van der Waals surface area (Å²) in [5.41, 5.74) is 0.944. The highest BCUT2D eigenvalue weighted by molar-refractivity contribution is 7.89. The van der Waals surface area contributed by atoms with Gasteiger partial charge in [-0.3, -0.25) is 0 Å². The van der Waals surface area contributed by atoms with Gasteiger partial charge in [-0.15, -0.1) is 22.7 Å². The Morgan fingerprint density at radius 3 is 2.76 bits per heavy atom. The Kier molecular flexibility index (Phi) is 6.24. The molecule has 2 aromatic rings. The molecular formula is C16H23N3O3S3. The standard InChI is InChI=1S/C16H23N3O3S3/c1-12-9-19(10-13(2)22-12)25(20,21)7-5-17-8-14-11-24-16(18-14)15-4-3-6-23-15/h3-4,6,11-13,17H,5,7-10H2,1-2H3. The van der Waals surface area contributed by atoms with Gasteiger partial charge in [0.15, 0.2) is 0 Å². The van der Waals surface area contributed by atoms with Crippen LogP contribution in [0.4, 0.5) is 0 Å². The molecule has 2 aromatic heterocycles. The molecule has 3 rings (SSSR count). The molecule has 0 radical (unpaired) electrons. The van der Waals surface area contributed by atoms with Crippen LogP contribution in [0.3, 0.4) is 0 Å². The summed E-state index contributed by atoms with van der Waals surface area (Å²) in [6, 6.07) is 4.06. The Labute approximate surface area is 156 Å². The Bertz CT molecular complexity index is 764. The number of ether oxygens (including phenoxy) is 1. The summed E-state index contributed by atoms with van der Waals surface area (Å²) in [4.78, 5) is 5.75. The average molecular weight is 402 g/mol. The molecule has 1 fully saturated rings. The van der Waals surface area contributed by atoms with Gasteiger partial charge in [0, 0.05) is 31.6 Å². The zero-order valence-electron chi connectivity index (χ0n) is 14.3. The first-order valence-corrected chi connectivity index (χ1v) is 11.6. The van der Waals surface area contributed by atoms with Gasteiger partial charge in [0.25, 0.3) is 0 Å². The first-order chi connectivity index (χ1) is 11.9. The van der Waals surface area contributed by atoms with Crippen LogP contribution in [-0.4, -0.2) is 55.3 Å². The third kappa shape index (κ3) is 5.08. The lowest BCUT2D eigenvalue weighted by molar-refractivity contribution is -0.0440. The minimum absolute atomic E-state index is 0.0582. The fourth-order valence-corrected chi connectivity index (χ4v) is 5.97. The van der Waals surface area contributed by atoms with Crippen molar-refractivity contribution in [3.8, 4) is 9.88 Å². The van der Waals surface area contributed by atoms with Crippen LogP contribution in [0.2, 0.25) is 0 Å². The second kappa shape index (κ2) is 8.24. The van der Waals surface area contributed by atoms with E-state index in [-0.39, 0.29) is 18.0 Å². The zero-order valence-corrected chi connectivity index (χ0v) is 16.8. The van der Waals surface area contributed by atoms with Crippen LogP contribution in [-0.2, 0) is 21.3 Å². The molecule has 0 saturated carbocycles. The van der Waals surface area contributed by atoms with Crippen molar-refractivity contribution >= 4 is 32.7 Å². The van der Waals surface area contributed by atoms with Crippen LogP contribution in [0.1, 0.15) is 19.5 Å². The van der Waals surface area contributed by atoms with Gasteiger partial charge in [-0.25, -0.2) is 13.4 Å². The summed E-state index contributed by atoms with van der Waals surface area (Å²) in [5, 5.41) is 8.25. The van der Waals surface area contributed by atoms with Gasteiger partial charge in [-0.2, -0.15) is 4.31 Å². The SMILES string of the molecule is CC1CN(S(=O)(=O)CCNCc2csc(-c3cccs3)n2)CC(C)O1. The molecule has 1 saturated heterocycles. The Morgan fingerprint density at radius 2 is 2.08 bits per heavy atom. The number of aromatic nitrogens is 1. The van der Waals surface area contributed by atoms with Gasteiger partial charge in [-0.05, 0) is 25.3 Å². The minimum atomic E-state index is -3.26. The van der Waals surface area contributed by atoms with Crippen molar-refractivity contribution in [1.82, 2.24) is 14.6 Å². The monoisotopic (exact) mass is 401 g/mol. The van der Waals surface area contributed by atoms with Crippen molar-refractivity contribution < 1.29 is 13.2 Å². The van der Waals surface area contributed by atoms with Crippen LogP contribution in [0.15, 0.2) is 22.9 Å². The molecule has 2 atom stereocenters. The molecular weight excluding hydrogens is 378 g/mol. The van der Waals surface area contributed by atoms with Crippen LogP contribution >= 0.6 is 22.7 Å². The molecule has 0 aliphatic carbocycles. The largest absolute Gasteiger partial charge is 0.373 e. The smallest absolute Gasteiger partial charge is 0.215 e. The van der Waals surface area contributed by atoms with Gasteiger partial charge < -0.3 is 10.1 Å². The van der Waals surface area contributed by atoms with Crippen molar-refractivity contribution in [1.29, 1.82) is 0 Å². The third-order valence-electron chi connectivity index (χ3n) is 3.91. The normalized spacial score (nSPS) is 22.3. The van der Waals surface area contributed by atoms with Crippen molar-refractivity contribution in [3.05, 3.63) is 28.6 Å². The van der Waals surface area contributed by atoms with Crippen molar-refractivity contribution in [2.45, 2.75) is 32.6 Å². The molecule has 0 bridgehead atoms. The number of nitrogens with one attached hydrogen (secondary N) is 1. The highest BCUT2D eigenvalue weighted by Gasteiger charge is 2.30. The van der Waals surface area contributed by atoms with Crippen LogP contribution in [0, 0.1) is 0 Å². The minimum Gasteiger partial charge on any atom is -0.373 e. The maximum absolute atomic E-state index is 12.5. The van der Waals surface area contributed by atoms with Crippen molar-refractivity contribution in [3.63, 3.8) is 0 Å². The van der Waals surface area contributed by atoms with E-state index < -0.39 is 10.0 Å². The lowest BCUT2D eigenvalue weighted by Crippen LogP contribution is -2.49. The number of morpholine rings is 1. The number of sulfonamides is 1. The molecule has 6 nitrogen and oxygen atoms in total. The molecule has 2 unspecified atom stereocenters. The molecule has 1 aliphatic heterocycles. The van der Waals surface area contributed by atoms with Crippen molar-refractivity contribution in [2.75, 3.05) is 25.4 Å². The number of rotatable bonds is 7. The van der Waals surface area contributed by atoms with Gasteiger partial charge in [-0.1, -0.05) is 6.07 Å². The second-order valence-electron chi connectivity index (χ2n) is 6.19. The predicted octanol–water partition coefficient (Wildman–Crippen LogP) is 2.40. The first kappa shape index (κ1) is 18.9. The van der Waals surface area contributed by atoms with E-state index in [1.54, 1.807) is 27.0 Å². The Hall–Kier alpha value is -0.840. The summed E-state index contributed by atoms with van der Waals surface area (Å²) < 4.78 is 32.1. The van der Waals surface area contributed by atoms with Crippen LogP contribution in [0.25, 0.3) is 9.88 Å². The van der Waals surface area contributed by atoms with E-state index in [0.717, 1.165) is 15.6 Å². The number of hydrogen-bond donors (Lipinski definition) is 1. The first-order valence-electron chi connectivity index (χ1n) is 8.26. The van der Waals surface area contributed by atoms with Crippen LogP contribution < -0.4 is 5.32 Å². The maximum Gasteiger partial charge on any atom is 0.215 e. The van der Waals surface area contributed by atoms with Gasteiger partial charge >= 0.3 is 0 Å². The molecule has 25 heavy (non-hydrogen) atoms. The molecule has 3 heterocycles. The van der Waals surface area contributed by atoms with E-state index in [1.165, 1.54) is 0 Å². The van der Waals surface area contributed by atoms with E-state index in [0.29, 0.717) is 26.2 Å². The number of nitrogens with zero attached hydrogens (tertiary/aromatic N) is 2. The predicted molar refractivity (Wildman–Crippen MR) is 103 cm³/mol. The van der Waals surface area contributed by atoms with E-state index in [9.17, 15) is 8.42 Å². The highest BCUT2D eigenvalue weighted by Crippen LogP contribution is 2.27. The molecule has 1 N–H and O–H groups in total. The van der Waals surface area contributed by atoms with E-state index in [4.69, 9.17) is 4.74 Å². The molecule has 1 aliphatic rings. The quantitative estimate of drug-likeness (QED) is 0.722. The topological polar surface area (TPSA) is 71.5 Å². The highest BCUT2D eigenvalue weighted by atomic mass is 32.2. The zero-order chi connectivity index (χ0) is 17.9. The Morgan fingerprint density at radius 1 is 1.32 bits per heavy atom. The molecule has 138 valence electrons. The second-order valence-corrected chi connectivity index (χ2v) is 10.1. The molecule has 0 amide bonds. The van der Waals surface area contributed by atoms with Gasteiger partial charge in [0.1, 0.15) is 5.01 Å². The van der Waals surface area contributed by atoms with Crippen molar-refractivity contribution in [2.24, 2.45) is 0 Å². The fraction of sp³-hybridized carbons (Fsp3) is 0.562. The van der Waals surface area contributed by atoms with Crippen LogP contribution in [0.5, 0.6) is 0 Å². The molecule has 9 heteroatoms. The maximum atomic E-state index is 12.5. The summed E-state index contributed by atoms with van der Waals surface area (Å²) in [6.07, 6.45) is -0.116. The number of thiophene rings is 1. The lowest BCUT2D eigenvalue weighted by Gasteiger charge is -2.34. The summed E-state index contributed by atoms with van der Waals surface area (Å²) in [5.74, 6) is 0.0916. The number of hydrogen-bond acceptors (Lipinski definition) is 7. The number of thiazole rings is 1. The summed E-state index contributed by atoms with van der Waals surface area (Å²) in [7, 11) is -3.26. The van der Waals surface area contributed by atoms with Gasteiger partial charge in [0.05, 0.1) is 28.5 Å². The summed E-state index contributed by atoms with van der Waals surface area (Å²) >= 11 is 3.28. The Balaban J connectivity index is 1.46. The molecule has 0 spiro atoms. The fourth-order valence-electron chi connectivity index (χ4n) is 2.81. The molecule has 0 aromatic carbocycles. The average Bonchev–Trinajstić information content (AvgIpc) is 3.22. The van der Waals surface area contributed by atoms with E-state index >= 15 is 0 Å². The van der Waals surface area contributed by atoms with E-state index in [2.05, 4.69) is 16.4 Å².